The summed E-state index contributed by atoms with van der Waals surface area (Å²) in [4.78, 5) is 42.4. The molecular formula is C27H31N5O4. The zero-order valence-electron chi connectivity index (χ0n) is 20.6. The molecule has 1 fully saturated rings. The highest BCUT2D eigenvalue weighted by atomic mass is 16.4. The molecule has 1 saturated carbocycles. The van der Waals surface area contributed by atoms with Crippen LogP contribution in [0.4, 0.5) is 0 Å². The van der Waals surface area contributed by atoms with E-state index in [1.165, 1.54) is 29.8 Å². The van der Waals surface area contributed by atoms with Crippen molar-refractivity contribution in [3.63, 3.8) is 0 Å². The molecule has 0 spiro atoms. The van der Waals surface area contributed by atoms with E-state index in [4.69, 9.17) is 0 Å². The molecule has 9 heteroatoms. The summed E-state index contributed by atoms with van der Waals surface area (Å²) in [6, 6.07) is 6.32. The summed E-state index contributed by atoms with van der Waals surface area (Å²) in [5.74, 6) is -1.16. The van der Waals surface area contributed by atoms with Gasteiger partial charge in [-0.2, -0.15) is 5.10 Å². The van der Waals surface area contributed by atoms with Gasteiger partial charge in [0.1, 0.15) is 11.4 Å². The summed E-state index contributed by atoms with van der Waals surface area (Å²) < 4.78 is 1.44. The Morgan fingerprint density at radius 3 is 2.61 bits per heavy atom. The van der Waals surface area contributed by atoms with Crippen molar-refractivity contribution in [2.75, 3.05) is 0 Å². The van der Waals surface area contributed by atoms with Crippen molar-refractivity contribution in [3.05, 3.63) is 64.1 Å². The number of benzene rings is 1. The van der Waals surface area contributed by atoms with Gasteiger partial charge in [-0.3, -0.25) is 9.59 Å². The second-order valence-corrected chi connectivity index (χ2v) is 9.96. The summed E-state index contributed by atoms with van der Waals surface area (Å²) in [5.41, 5.74) is 3.75. The van der Waals surface area contributed by atoms with Crippen molar-refractivity contribution < 1.29 is 19.5 Å². The van der Waals surface area contributed by atoms with Gasteiger partial charge in [0.15, 0.2) is 5.65 Å². The van der Waals surface area contributed by atoms with Crippen LogP contribution in [0, 0.1) is 12.8 Å². The molecule has 2 aromatic heterocycles. The third-order valence-corrected chi connectivity index (χ3v) is 7.77. The minimum absolute atomic E-state index is 0.0342. The second-order valence-electron chi connectivity index (χ2n) is 9.96. The molecule has 188 valence electrons. The lowest BCUT2D eigenvalue weighted by atomic mass is 9.84. The van der Waals surface area contributed by atoms with Crippen LogP contribution in [-0.2, 0) is 6.42 Å². The van der Waals surface area contributed by atoms with Gasteiger partial charge < -0.3 is 15.7 Å². The van der Waals surface area contributed by atoms with Crippen LogP contribution in [0.2, 0.25) is 0 Å². The third kappa shape index (κ3) is 4.45. The van der Waals surface area contributed by atoms with Crippen molar-refractivity contribution in [2.24, 2.45) is 5.92 Å². The molecule has 1 aromatic carbocycles. The van der Waals surface area contributed by atoms with Crippen molar-refractivity contribution in [2.45, 2.75) is 70.9 Å². The van der Waals surface area contributed by atoms with Gasteiger partial charge in [0.25, 0.3) is 11.8 Å². The molecule has 3 N–H and O–H groups in total. The van der Waals surface area contributed by atoms with Gasteiger partial charge >= 0.3 is 5.97 Å². The highest BCUT2D eigenvalue weighted by Crippen LogP contribution is 2.35. The van der Waals surface area contributed by atoms with E-state index in [0.29, 0.717) is 24.4 Å². The Morgan fingerprint density at radius 2 is 1.86 bits per heavy atom. The van der Waals surface area contributed by atoms with Crippen LogP contribution in [-0.4, -0.2) is 43.5 Å². The van der Waals surface area contributed by atoms with Gasteiger partial charge in [0.2, 0.25) is 0 Å². The van der Waals surface area contributed by atoms with E-state index in [2.05, 4.69) is 20.7 Å². The SMILES string of the molecule is Cc1c(C(=O)O)ccc2c1CC[C@@H]2NC(=O)c1cc(C(=O)N[C@H](C)C2CCCCC2)nc2ccnn12. The Bertz CT molecular complexity index is 1340. The van der Waals surface area contributed by atoms with Gasteiger partial charge in [0.05, 0.1) is 17.8 Å². The van der Waals surface area contributed by atoms with Crippen molar-refractivity contribution in [1.29, 1.82) is 0 Å². The van der Waals surface area contributed by atoms with Crippen molar-refractivity contribution in [1.82, 2.24) is 25.2 Å². The fourth-order valence-electron chi connectivity index (χ4n) is 5.72. The maximum absolute atomic E-state index is 13.4. The molecule has 2 heterocycles. The molecule has 3 aromatic rings. The molecule has 0 saturated heterocycles. The minimum atomic E-state index is -0.954. The van der Waals surface area contributed by atoms with Crippen molar-refractivity contribution >= 4 is 23.4 Å². The average Bonchev–Trinajstić information content (AvgIpc) is 3.51. The normalized spacial score (nSPS) is 18.6. The number of fused-ring (bicyclic) bond motifs is 2. The van der Waals surface area contributed by atoms with Crippen molar-refractivity contribution in [3.8, 4) is 0 Å². The highest BCUT2D eigenvalue weighted by molar-refractivity contribution is 5.98. The molecule has 0 unspecified atom stereocenters. The second kappa shape index (κ2) is 9.72. The molecular weight excluding hydrogens is 458 g/mol. The Kier molecular flexibility index (Phi) is 6.47. The zero-order valence-corrected chi connectivity index (χ0v) is 20.6. The lowest BCUT2D eigenvalue weighted by Crippen LogP contribution is -2.39. The number of carboxylic acid groups (broad SMARTS) is 1. The van der Waals surface area contributed by atoms with Gasteiger partial charge in [-0.05, 0) is 68.2 Å². The molecule has 2 amide bonds. The average molecular weight is 490 g/mol. The molecule has 0 radical (unpaired) electrons. The van der Waals surface area contributed by atoms with E-state index in [0.717, 1.165) is 29.5 Å². The summed E-state index contributed by atoms with van der Waals surface area (Å²) >= 11 is 0. The standard InChI is InChI=1S/C27H31N5O4/c1-15-18-10-11-21(20(18)9-8-19(15)27(35)36)31-26(34)23-14-22(30-24-12-13-28-32(23)24)25(33)29-16(2)17-6-4-3-5-7-17/h8-9,12-14,16-17,21H,3-7,10-11H2,1-2H3,(H,29,33)(H,31,34)(H,35,36)/t16-,21+/m1/s1. The molecule has 2 aliphatic rings. The molecule has 36 heavy (non-hydrogen) atoms. The minimum Gasteiger partial charge on any atom is -0.478 e. The number of aromatic nitrogens is 3. The largest absolute Gasteiger partial charge is 0.478 e. The van der Waals surface area contributed by atoms with Crippen LogP contribution in [0.15, 0.2) is 30.5 Å². The fourth-order valence-corrected chi connectivity index (χ4v) is 5.72. The molecule has 0 bridgehead atoms. The zero-order chi connectivity index (χ0) is 25.4. The lowest BCUT2D eigenvalue weighted by Gasteiger charge is -2.28. The number of amides is 2. The van der Waals surface area contributed by atoms with Crippen LogP contribution in [0.25, 0.3) is 5.65 Å². The van der Waals surface area contributed by atoms with E-state index < -0.39 is 5.97 Å². The van der Waals surface area contributed by atoms with E-state index >= 15 is 0 Å². The summed E-state index contributed by atoms with van der Waals surface area (Å²) in [6.45, 7) is 3.84. The Hall–Kier alpha value is -3.75. The molecule has 0 aliphatic heterocycles. The van der Waals surface area contributed by atoms with Crippen LogP contribution >= 0.6 is 0 Å². The highest BCUT2D eigenvalue weighted by Gasteiger charge is 2.29. The Labute approximate surface area is 209 Å². The quantitative estimate of drug-likeness (QED) is 0.483. The van der Waals surface area contributed by atoms with Gasteiger partial charge in [0, 0.05) is 18.2 Å². The maximum atomic E-state index is 13.4. The fraction of sp³-hybridized carbons (Fsp3) is 0.444. The number of hydrogen-bond donors (Lipinski definition) is 3. The number of rotatable bonds is 6. The number of nitrogens with one attached hydrogen (secondary N) is 2. The molecule has 2 atom stereocenters. The number of carbonyl (C=O) groups is 3. The van der Waals surface area contributed by atoms with E-state index in [1.54, 1.807) is 24.4 Å². The molecule has 2 aliphatic carbocycles. The van der Waals surface area contributed by atoms with Gasteiger partial charge in [-0.1, -0.05) is 25.3 Å². The smallest absolute Gasteiger partial charge is 0.335 e. The maximum Gasteiger partial charge on any atom is 0.335 e. The van der Waals surface area contributed by atoms with Crippen LogP contribution in [0.3, 0.4) is 0 Å². The van der Waals surface area contributed by atoms with Gasteiger partial charge in [-0.15, -0.1) is 0 Å². The number of nitrogens with zero attached hydrogens (tertiary/aromatic N) is 3. The lowest BCUT2D eigenvalue weighted by molar-refractivity contribution is 0.0695. The number of aromatic carboxylic acids is 1. The summed E-state index contributed by atoms with van der Waals surface area (Å²) in [7, 11) is 0. The molecule has 9 nitrogen and oxygen atoms in total. The van der Waals surface area contributed by atoms with E-state index in [-0.39, 0.29) is 40.8 Å². The number of carboxylic acids is 1. The van der Waals surface area contributed by atoms with E-state index in [9.17, 15) is 19.5 Å². The molecule has 5 rings (SSSR count). The monoisotopic (exact) mass is 489 g/mol. The van der Waals surface area contributed by atoms with Crippen LogP contribution < -0.4 is 10.6 Å². The first kappa shape index (κ1) is 24.0. The Morgan fingerprint density at radius 1 is 1.08 bits per heavy atom. The first-order valence-corrected chi connectivity index (χ1v) is 12.7. The summed E-state index contributed by atoms with van der Waals surface area (Å²) in [5, 5.41) is 19.8. The first-order valence-electron chi connectivity index (χ1n) is 12.7. The topological polar surface area (TPSA) is 126 Å². The van der Waals surface area contributed by atoms with Crippen LogP contribution in [0.5, 0.6) is 0 Å². The third-order valence-electron chi connectivity index (χ3n) is 7.77. The Balaban J connectivity index is 1.37. The number of carbonyl (C=O) groups excluding carboxylic acids is 2. The predicted molar refractivity (Wildman–Crippen MR) is 133 cm³/mol. The van der Waals surface area contributed by atoms with E-state index in [1.807, 2.05) is 13.8 Å². The number of hydrogen-bond acceptors (Lipinski definition) is 5. The van der Waals surface area contributed by atoms with Crippen LogP contribution in [0.1, 0.15) is 99.5 Å². The summed E-state index contributed by atoms with van der Waals surface area (Å²) in [6.07, 6.45) is 8.76. The first-order chi connectivity index (χ1) is 17.3. The predicted octanol–water partition coefficient (Wildman–Crippen LogP) is 3.85. The van der Waals surface area contributed by atoms with Gasteiger partial charge in [-0.25, -0.2) is 14.3 Å².